The molecule has 162 valence electrons. The van der Waals surface area contributed by atoms with E-state index in [2.05, 4.69) is 16.2 Å². The number of benzene rings is 2. The number of hydrogen-bond acceptors (Lipinski definition) is 5. The van der Waals surface area contributed by atoms with Crippen LogP contribution in [0.15, 0.2) is 58.1 Å². The van der Waals surface area contributed by atoms with Crippen LogP contribution in [0.2, 0.25) is 0 Å². The lowest BCUT2D eigenvalue weighted by Gasteiger charge is -2.17. The van der Waals surface area contributed by atoms with Gasteiger partial charge in [0.1, 0.15) is 13.1 Å². The van der Waals surface area contributed by atoms with Crippen molar-refractivity contribution in [2.24, 2.45) is 0 Å². The molecular formula is C22H25N5O4. The van der Waals surface area contributed by atoms with Crippen LogP contribution in [0.3, 0.4) is 0 Å². The van der Waals surface area contributed by atoms with E-state index in [0.717, 1.165) is 21.3 Å². The maximum Gasteiger partial charge on any atom is 0.273 e. The van der Waals surface area contributed by atoms with Gasteiger partial charge in [0.15, 0.2) is 0 Å². The molecule has 2 amide bonds. The van der Waals surface area contributed by atoms with E-state index in [-0.39, 0.29) is 17.3 Å². The van der Waals surface area contributed by atoms with Crippen molar-refractivity contribution < 1.29 is 9.59 Å². The molecule has 31 heavy (non-hydrogen) atoms. The number of aryl methyl sites for hydroxylation is 1. The number of nitrogens with one attached hydrogen (secondary N) is 3. The number of nitrogens with zero attached hydrogens (tertiary/aromatic N) is 2. The zero-order valence-electron chi connectivity index (χ0n) is 17.5. The summed E-state index contributed by atoms with van der Waals surface area (Å²) in [5.74, 6) is -0.969. The first-order valence-electron chi connectivity index (χ1n) is 10.1. The van der Waals surface area contributed by atoms with E-state index in [0.29, 0.717) is 12.2 Å². The molecule has 0 saturated heterocycles. The Labute approximate surface area is 178 Å². The Hall–Kier alpha value is -3.88. The molecule has 0 unspecified atom stereocenters. The summed E-state index contributed by atoms with van der Waals surface area (Å²) in [5.41, 5.74) is 6.10. The summed E-state index contributed by atoms with van der Waals surface area (Å²) in [6, 6.07) is 13.9. The average molecular weight is 423 g/mol. The Morgan fingerprint density at radius 1 is 0.806 bits per heavy atom. The topological polar surface area (TPSA) is 114 Å². The third kappa shape index (κ3) is 5.00. The number of carbonyl (C=O) groups excluding carboxylic acids is 2. The second-order valence-electron chi connectivity index (χ2n) is 6.95. The summed E-state index contributed by atoms with van der Waals surface area (Å²) in [6.45, 7) is 3.38. The highest BCUT2D eigenvalue weighted by molar-refractivity contribution is 5.82. The maximum absolute atomic E-state index is 13.0. The lowest BCUT2D eigenvalue weighted by atomic mass is 10.2. The molecule has 1 heterocycles. The van der Waals surface area contributed by atoms with Crippen LogP contribution in [0.25, 0.3) is 10.8 Å². The average Bonchev–Trinajstić information content (AvgIpc) is 2.78. The van der Waals surface area contributed by atoms with E-state index < -0.39 is 29.5 Å². The number of rotatable bonds is 8. The molecule has 3 rings (SSSR count). The highest BCUT2D eigenvalue weighted by Crippen LogP contribution is 2.08. The Morgan fingerprint density at radius 2 is 1.35 bits per heavy atom. The number of anilines is 1. The van der Waals surface area contributed by atoms with Gasteiger partial charge in [-0.3, -0.25) is 30.0 Å². The van der Waals surface area contributed by atoms with Crippen LogP contribution in [0.5, 0.6) is 0 Å². The number of carbonyl (C=O) groups is 2. The predicted molar refractivity (Wildman–Crippen MR) is 119 cm³/mol. The molecule has 0 saturated carbocycles. The molecule has 2 aromatic carbocycles. The molecule has 0 fully saturated rings. The van der Waals surface area contributed by atoms with Gasteiger partial charge in [-0.05, 0) is 43.2 Å². The number of amides is 2. The highest BCUT2D eigenvalue weighted by atomic mass is 16.2. The van der Waals surface area contributed by atoms with Gasteiger partial charge in [0.25, 0.3) is 17.0 Å². The van der Waals surface area contributed by atoms with E-state index in [1.165, 1.54) is 12.1 Å². The Morgan fingerprint density at radius 3 is 1.87 bits per heavy atom. The normalized spacial score (nSPS) is 10.6. The minimum atomic E-state index is -0.541. The summed E-state index contributed by atoms with van der Waals surface area (Å²) in [5, 5.41) is 2.99. The van der Waals surface area contributed by atoms with Crippen LogP contribution in [-0.2, 0) is 29.1 Å². The van der Waals surface area contributed by atoms with Gasteiger partial charge >= 0.3 is 0 Å². The smallest absolute Gasteiger partial charge is 0.273 e. The van der Waals surface area contributed by atoms with Crippen molar-refractivity contribution in [3.05, 3.63) is 74.8 Å². The quantitative estimate of drug-likeness (QED) is 0.468. The molecule has 3 aromatic rings. The monoisotopic (exact) mass is 423 g/mol. The van der Waals surface area contributed by atoms with Crippen LogP contribution in [0, 0.1) is 0 Å². The fourth-order valence-corrected chi connectivity index (χ4v) is 3.20. The van der Waals surface area contributed by atoms with Crippen molar-refractivity contribution in [1.29, 1.82) is 0 Å². The molecule has 9 nitrogen and oxygen atoms in total. The third-order valence-corrected chi connectivity index (χ3v) is 4.82. The van der Waals surface area contributed by atoms with Gasteiger partial charge in [-0.25, -0.2) is 9.36 Å². The largest absolute Gasteiger partial charge is 0.355 e. The number of likely N-dealkylation sites (N-methyl/N-ethyl adjacent to an activating group) is 1. The summed E-state index contributed by atoms with van der Waals surface area (Å²) in [4.78, 5) is 50.6. The van der Waals surface area contributed by atoms with Gasteiger partial charge in [-0.15, -0.1) is 0 Å². The van der Waals surface area contributed by atoms with E-state index in [9.17, 15) is 19.2 Å². The molecule has 0 atom stereocenters. The Kier molecular flexibility index (Phi) is 6.86. The number of hydrazine groups is 1. The molecule has 0 radical (unpaired) electrons. The Balaban J connectivity index is 1.89. The maximum atomic E-state index is 13.0. The van der Waals surface area contributed by atoms with Gasteiger partial charge in [0, 0.05) is 6.54 Å². The van der Waals surface area contributed by atoms with Crippen LogP contribution < -0.4 is 27.3 Å². The number of aromatic nitrogens is 2. The Bertz CT molecular complexity index is 1210. The molecule has 0 aliphatic carbocycles. The molecule has 0 spiro atoms. The SMILES string of the molecule is CCNC(=O)Cn1c(=O)c2ccccc2c(=O)n1CC(=O)NNc1ccc(CC)cc1. The second kappa shape index (κ2) is 9.75. The van der Waals surface area contributed by atoms with Crippen molar-refractivity contribution in [1.82, 2.24) is 20.1 Å². The second-order valence-corrected chi connectivity index (χ2v) is 6.95. The van der Waals surface area contributed by atoms with Crippen LogP contribution in [-0.4, -0.2) is 27.7 Å². The third-order valence-electron chi connectivity index (χ3n) is 4.82. The number of fused-ring (bicyclic) bond motifs is 1. The summed E-state index contributed by atoms with van der Waals surface area (Å²) < 4.78 is 2.00. The van der Waals surface area contributed by atoms with Gasteiger partial charge in [-0.1, -0.05) is 31.2 Å². The van der Waals surface area contributed by atoms with E-state index in [1.807, 2.05) is 31.2 Å². The first-order valence-corrected chi connectivity index (χ1v) is 10.1. The lowest BCUT2D eigenvalue weighted by Crippen LogP contribution is -2.45. The number of hydrogen-bond donors (Lipinski definition) is 3. The van der Waals surface area contributed by atoms with Crippen LogP contribution in [0.1, 0.15) is 19.4 Å². The minimum Gasteiger partial charge on any atom is -0.355 e. The summed E-state index contributed by atoms with van der Waals surface area (Å²) in [6.07, 6.45) is 0.903. The first-order chi connectivity index (χ1) is 14.9. The van der Waals surface area contributed by atoms with Gasteiger partial charge in [0.05, 0.1) is 16.5 Å². The van der Waals surface area contributed by atoms with Crippen LogP contribution >= 0.6 is 0 Å². The zero-order valence-corrected chi connectivity index (χ0v) is 17.5. The molecular weight excluding hydrogens is 398 g/mol. The van der Waals surface area contributed by atoms with Gasteiger partial charge < -0.3 is 5.32 Å². The molecule has 0 bridgehead atoms. The van der Waals surface area contributed by atoms with E-state index in [4.69, 9.17) is 0 Å². The van der Waals surface area contributed by atoms with Crippen molar-refractivity contribution in [2.45, 2.75) is 33.4 Å². The minimum absolute atomic E-state index is 0.190. The predicted octanol–water partition coefficient (Wildman–Crippen LogP) is 1.00. The summed E-state index contributed by atoms with van der Waals surface area (Å²) in [7, 11) is 0. The van der Waals surface area contributed by atoms with Crippen molar-refractivity contribution in [3.8, 4) is 0 Å². The lowest BCUT2D eigenvalue weighted by molar-refractivity contribution is -0.124. The van der Waals surface area contributed by atoms with Crippen LogP contribution in [0.4, 0.5) is 5.69 Å². The standard InChI is InChI=1S/C22H25N5O4/c1-3-15-9-11-16(12-10-15)24-25-20(29)14-27-22(31)18-8-6-5-7-17(18)21(30)26(27)13-19(28)23-4-2/h5-12,24H,3-4,13-14H2,1-2H3,(H,23,28)(H,25,29). The van der Waals surface area contributed by atoms with E-state index in [1.54, 1.807) is 19.1 Å². The highest BCUT2D eigenvalue weighted by Gasteiger charge is 2.17. The molecule has 0 aliphatic rings. The van der Waals surface area contributed by atoms with Crippen molar-refractivity contribution in [2.75, 3.05) is 12.0 Å². The van der Waals surface area contributed by atoms with Gasteiger partial charge in [0.2, 0.25) is 5.91 Å². The fourth-order valence-electron chi connectivity index (χ4n) is 3.20. The van der Waals surface area contributed by atoms with Crippen molar-refractivity contribution >= 4 is 28.3 Å². The first kappa shape index (κ1) is 21.8. The fraction of sp³-hybridized carbons (Fsp3) is 0.273. The molecule has 9 heteroatoms. The molecule has 3 N–H and O–H groups in total. The molecule has 1 aromatic heterocycles. The van der Waals surface area contributed by atoms with E-state index >= 15 is 0 Å². The summed E-state index contributed by atoms with van der Waals surface area (Å²) >= 11 is 0. The van der Waals surface area contributed by atoms with Crippen molar-refractivity contribution in [3.63, 3.8) is 0 Å². The zero-order chi connectivity index (χ0) is 22.4. The van der Waals surface area contributed by atoms with Gasteiger partial charge in [-0.2, -0.15) is 0 Å². The molecule has 0 aliphatic heterocycles.